The van der Waals surface area contributed by atoms with Crippen molar-refractivity contribution in [1.29, 1.82) is 0 Å². The van der Waals surface area contributed by atoms with Crippen molar-refractivity contribution in [1.82, 2.24) is 9.97 Å². The molecule has 1 saturated carbocycles. The standard InChI is InChI=1S/C24H20F3N3O3S/c25-24(26,27)23(31,13-12-19-14-28-17-29-15-19)21-8-4-5-9-22(21)30(16-18-10-11-18)34(32,33)20-6-2-1-3-7-20/h1-9,14-15,17-18,31H,10-11,16H2. The van der Waals surface area contributed by atoms with Crippen LogP contribution in [-0.4, -0.2) is 36.2 Å². The van der Waals surface area contributed by atoms with E-state index in [4.69, 9.17) is 0 Å². The van der Waals surface area contributed by atoms with Gasteiger partial charge in [-0.15, -0.1) is 0 Å². The molecule has 0 bridgehead atoms. The van der Waals surface area contributed by atoms with Crippen molar-refractivity contribution < 1.29 is 26.7 Å². The second-order valence-electron chi connectivity index (χ2n) is 7.90. The Morgan fingerprint density at radius 1 is 1.00 bits per heavy atom. The third-order valence-corrected chi connectivity index (χ3v) is 7.17. The minimum Gasteiger partial charge on any atom is -0.366 e. The van der Waals surface area contributed by atoms with Crippen LogP contribution >= 0.6 is 0 Å². The summed E-state index contributed by atoms with van der Waals surface area (Å²) in [6.45, 7) is -0.0118. The molecule has 10 heteroatoms. The highest BCUT2D eigenvalue weighted by Crippen LogP contribution is 2.44. The lowest BCUT2D eigenvalue weighted by molar-refractivity contribution is -0.240. The topological polar surface area (TPSA) is 83.4 Å². The van der Waals surface area contributed by atoms with E-state index in [1.807, 2.05) is 5.92 Å². The van der Waals surface area contributed by atoms with Crippen LogP contribution in [0.1, 0.15) is 24.0 Å². The van der Waals surface area contributed by atoms with E-state index in [2.05, 4.69) is 15.9 Å². The number of hydrogen-bond donors (Lipinski definition) is 1. The predicted octanol–water partition coefficient (Wildman–Crippen LogP) is 3.88. The van der Waals surface area contributed by atoms with Crippen molar-refractivity contribution in [2.24, 2.45) is 5.92 Å². The summed E-state index contributed by atoms with van der Waals surface area (Å²) in [5.41, 5.74) is -4.54. The number of benzene rings is 2. The molecule has 0 radical (unpaired) electrons. The van der Waals surface area contributed by atoms with E-state index in [1.165, 1.54) is 61.2 Å². The Balaban J connectivity index is 1.89. The predicted molar refractivity (Wildman–Crippen MR) is 119 cm³/mol. The highest BCUT2D eigenvalue weighted by molar-refractivity contribution is 7.92. The maximum atomic E-state index is 14.3. The lowest BCUT2D eigenvalue weighted by atomic mass is 9.91. The summed E-state index contributed by atoms with van der Waals surface area (Å²) in [5.74, 6) is 4.18. The van der Waals surface area contributed by atoms with Gasteiger partial charge in [0.2, 0.25) is 0 Å². The van der Waals surface area contributed by atoms with Gasteiger partial charge >= 0.3 is 6.18 Å². The fraction of sp³-hybridized carbons (Fsp3) is 0.250. The smallest absolute Gasteiger partial charge is 0.366 e. The van der Waals surface area contributed by atoms with Gasteiger partial charge in [0.15, 0.2) is 0 Å². The first-order chi connectivity index (χ1) is 16.1. The number of halogens is 3. The lowest BCUT2D eigenvalue weighted by Crippen LogP contribution is -2.43. The summed E-state index contributed by atoms with van der Waals surface area (Å²) < 4.78 is 70.8. The van der Waals surface area contributed by atoms with Crippen LogP contribution in [0.25, 0.3) is 0 Å². The Labute approximate surface area is 195 Å². The van der Waals surface area contributed by atoms with Gasteiger partial charge in [-0.3, -0.25) is 4.31 Å². The minimum absolute atomic E-state index is 0.0118. The first-order valence-corrected chi connectivity index (χ1v) is 11.8. The number of sulfonamides is 1. The van der Waals surface area contributed by atoms with E-state index in [0.717, 1.165) is 23.2 Å². The molecule has 1 aromatic heterocycles. The quantitative estimate of drug-likeness (QED) is 0.534. The van der Waals surface area contributed by atoms with Gasteiger partial charge in [0.1, 0.15) is 6.33 Å². The molecule has 0 aliphatic heterocycles. The Morgan fingerprint density at radius 2 is 1.62 bits per heavy atom. The van der Waals surface area contributed by atoms with Crippen LogP contribution in [0.2, 0.25) is 0 Å². The molecule has 1 aliphatic rings. The van der Waals surface area contributed by atoms with Crippen molar-refractivity contribution in [2.45, 2.75) is 29.5 Å². The van der Waals surface area contributed by atoms with E-state index < -0.39 is 27.4 Å². The number of alkyl halides is 3. The van der Waals surface area contributed by atoms with E-state index in [1.54, 1.807) is 6.07 Å². The molecule has 2 aromatic carbocycles. The Hall–Kier alpha value is -3.42. The van der Waals surface area contributed by atoms with Crippen LogP contribution in [0.4, 0.5) is 18.9 Å². The average molecular weight is 488 g/mol. The highest BCUT2D eigenvalue weighted by atomic mass is 32.2. The fourth-order valence-corrected chi connectivity index (χ4v) is 4.98. The zero-order chi connectivity index (χ0) is 24.4. The molecule has 0 spiro atoms. The van der Waals surface area contributed by atoms with Crippen molar-refractivity contribution in [3.8, 4) is 11.8 Å². The monoisotopic (exact) mass is 487 g/mol. The number of aromatic nitrogens is 2. The van der Waals surface area contributed by atoms with Crippen molar-refractivity contribution in [3.63, 3.8) is 0 Å². The second-order valence-corrected chi connectivity index (χ2v) is 9.76. The third-order valence-electron chi connectivity index (χ3n) is 5.37. The van der Waals surface area contributed by atoms with E-state index in [9.17, 15) is 26.7 Å². The molecular weight excluding hydrogens is 467 g/mol. The number of anilines is 1. The Bertz CT molecular complexity index is 1320. The van der Waals surface area contributed by atoms with Crippen LogP contribution in [0, 0.1) is 17.8 Å². The number of aliphatic hydroxyl groups is 1. The third kappa shape index (κ3) is 4.76. The Kier molecular flexibility index (Phi) is 6.34. The molecule has 176 valence electrons. The largest absolute Gasteiger partial charge is 0.433 e. The van der Waals surface area contributed by atoms with Gasteiger partial charge in [0.25, 0.3) is 15.6 Å². The number of rotatable bonds is 6. The summed E-state index contributed by atoms with van der Waals surface area (Å²) in [5, 5.41) is 10.9. The molecule has 6 nitrogen and oxygen atoms in total. The van der Waals surface area contributed by atoms with Gasteiger partial charge in [0.05, 0.1) is 16.1 Å². The average Bonchev–Trinajstić information content (AvgIpc) is 3.66. The van der Waals surface area contributed by atoms with E-state index in [0.29, 0.717) is 0 Å². The number of para-hydroxylation sites is 1. The Morgan fingerprint density at radius 3 is 2.24 bits per heavy atom. The molecule has 4 rings (SSSR count). The zero-order valence-electron chi connectivity index (χ0n) is 17.8. The molecule has 1 unspecified atom stereocenters. The molecular formula is C24H20F3N3O3S. The minimum atomic E-state index is -5.23. The SMILES string of the molecule is O=S(=O)(c1ccccc1)N(CC1CC1)c1ccccc1C(O)(C#Cc1cncnc1)C(F)(F)F. The summed E-state index contributed by atoms with van der Waals surface area (Å²) >= 11 is 0. The zero-order valence-corrected chi connectivity index (χ0v) is 18.6. The molecule has 1 heterocycles. The van der Waals surface area contributed by atoms with E-state index in [-0.39, 0.29) is 28.6 Å². The molecule has 3 aromatic rings. The van der Waals surface area contributed by atoms with Crippen LogP contribution in [0.15, 0.2) is 78.2 Å². The van der Waals surface area contributed by atoms with Gasteiger partial charge in [-0.25, -0.2) is 18.4 Å². The normalized spacial score (nSPS) is 15.6. The molecule has 0 amide bonds. The van der Waals surface area contributed by atoms with Crippen molar-refractivity contribution >= 4 is 15.7 Å². The van der Waals surface area contributed by atoms with Gasteiger partial charge in [-0.05, 0) is 42.9 Å². The highest BCUT2D eigenvalue weighted by Gasteiger charge is 2.56. The second kappa shape index (κ2) is 9.08. The van der Waals surface area contributed by atoms with Gasteiger partial charge in [-0.2, -0.15) is 13.2 Å². The van der Waals surface area contributed by atoms with E-state index >= 15 is 0 Å². The van der Waals surface area contributed by atoms with Crippen LogP contribution in [0.3, 0.4) is 0 Å². The van der Waals surface area contributed by atoms with Gasteiger partial charge < -0.3 is 5.11 Å². The molecule has 34 heavy (non-hydrogen) atoms. The van der Waals surface area contributed by atoms with Crippen LogP contribution < -0.4 is 4.31 Å². The molecule has 0 saturated heterocycles. The molecule has 1 aliphatic carbocycles. The first-order valence-electron chi connectivity index (χ1n) is 10.4. The summed E-state index contributed by atoms with van der Waals surface area (Å²) in [7, 11) is -4.22. The summed E-state index contributed by atoms with van der Waals surface area (Å²) in [6.07, 6.45) is -0.0846. The maximum Gasteiger partial charge on any atom is 0.433 e. The van der Waals surface area contributed by atoms with Crippen LogP contribution in [-0.2, 0) is 15.6 Å². The van der Waals surface area contributed by atoms with Gasteiger partial charge in [0, 0.05) is 24.5 Å². The molecule has 1 atom stereocenters. The maximum absolute atomic E-state index is 14.3. The lowest BCUT2D eigenvalue weighted by Gasteiger charge is -2.32. The van der Waals surface area contributed by atoms with Gasteiger partial charge in [-0.1, -0.05) is 42.3 Å². The molecule has 1 N–H and O–H groups in total. The fourth-order valence-electron chi connectivity index (χ4n) is 3.39. The van der Waals surface area contributed by atoms with Crippen molar-refractivity contribution in [3.05, 3.63) is 84.4 Å². The number of nitrogens with zero attached hydrogens (tertiary/aromatic N) is 3. The molecule has 1 fully saturated rings. The first kappa shape index (κ1) is 23.7. The number of hydrogen-bond acceptors (Lipinski definition) is 5. The summed E-state index contributed by atoms with van der Waals surface area (Å²) in [6, 6.07) is 12.5. The van der Waals surface area contributed by atoms with Crippen LogP contribution in [0.5, 0.6) is 0 Å². The van der Waals surface area contributed by atoms with Crippen molar-refractivity contribution in [2.75, 3.05) is 10.8 Å². The summed E-state index contributed by atoms with van der Waals surface area (Å²) in [4.78, 5) is 7.35.